The molecule has 1 aliphatic heterocycles. The quantitative estimate of drug-likeness (QED) is 0.936. The van der Waals surface area contributed by atoms with Gasteiger partial charge in [-0.1, -0.05) is 18.6 Å². The molecule has 0 unspecified atom stereocenters. The van der Waals surface area contributed by atoms with Gasteiger partial charge in [-0.2, -0.15) is 0 Å². The molecule has 1 fully saturated rings. The third-order valence-electron chi connectivity index (χ3n) is 3.89. The summed E-state index contributed by atoms with van der Waals surface area (Å²) in [5.74, 6) is 0.904. The molecule has 2 heterocycles. The monoisotopic (exact) mass is 281 g/mol. The summed E-state index contributed by atoms with van der Waals surface area (Å²) >= 11 is 0. The fraction of sp³-hybridized carbons (Fsp3) is 0.571. The lowest BCUT2D eigenvalue weighted by Gasteiger charge is -2.22. The second-order valence-electron chi connectivity index (χ2n) is 5.13. The van der Waals surface area contributed by atoms with Crippen LogP contribution in [0, 0.1) is 5.92 Å². The minimum Gasteiger partial charge on any atom is -0.317 e. The van der Waals surface area contributed by atoms with Crippen molar-refractivity contribution in [2.75, 3.05) is 13.1 Å². The maximum atomic E-state index is 4.79. The maximum Gasteiger partial charge on any atom is 0.138 e. The van der Waals surface area contributed by atoms with E-state index in [0.717, 1.165) is 23.4 Å². The number of hydrogen-bond acceptors (Lipinski definition) is 4. The molecule has 0 bridgehead atoms. The van der Waals surface area contributed by atoms with E-state index in [1.165, 1.54) is 44.3 Å². The van der Waals surface area contributed by atoms with Gasteiger partial charge in [0, 0.05) is 0 Å². The van der Waals surface area contributed by atoms with Crippen molar-refractivity contribution in [3.8, 4) is 0 Å². The minimum absolute atomic E-state index is 0. The van der Waals surface area contributed by atoms with Gasteiger partial charge in [-0.05, 0) is 66.6 Å². The second-order valence-corrected chi connectivity index (χ2v) is 5.13. The number of aryl methyl sites for hydroxylation is 1. The summed E-state index contributed by atoms with van der Waals surface area (Å²) in [4.78, 5) is 0. The second kappa shape index (κ2) is 6.87. The summed E-state index contributed by atoms with van der Waals surface area (Å²) in [5.41, 5.74) is 3.07. The van der Waals surface area contributed by atoms with Crippen LogP contribution in [0.2, 0.25) is 0 Å². The zero-order chi connectivity index (χ0) is 12.2. The Hall–Kier alpha value is -1.13. The molecule has 1 aromatic heterocycles. The van der Waals surface area contributed by atoms with Gasteiger partial charge in [0.15, 0.2) is 0 Å². The summed E-state index contributed by atoms with van der Waals surface area (Å²) in [6.45, 7) is 2.38. The van der Waals surface area contributed by atoms with E-state index in [-0.39, 0.29) is 12.4 Å². The number of piperidine rings is 1. The maximum absolute atomic E-state index is 4.79. The lowest BCUT2D eigenvalue weighted by Crippen LogP contribution is -2.27. The van der Waals surface area contributed by atoms with E-state index in [4.69, 9.17) is 4.63 Å². The summed E-state index contributed by atoms with van der Waals surface area (Å²) in [6, 6.07) is 6.11. The van der Waals surface area contributed by atoms with Crippen LogP contribution in [0.5, 0.6) is 0 Å². The number of nitrogens with zero attached hydrogens (tertiary/aromatic N) is 2. The molecule has 5 heteroatoms. The van der Waals surface area contributed by atoms with Gasteiger partial charge in [-0.15, -0.1) is 12.4 Å². The standard InChI is InChI=1S/C14H19N3O.ClH/c1(3-11-7-9-15-10-8-11)4-12-5-2-6-13-14(12)17-18-16-13;/h2,5-6,11,15H,1,3-4,7-10H2;1H. The predicted molar refractivity (Wildman–Crippen MR) is 77.6 cm³/mol. The Morgan fingerprint density at radius 2 is 2.05 bits per heavy atom. The zero-order valence-corrected chi connectivity index (χ0v) is 11.8. The number of hydrogen-bond donors (Lipinski definition) is 1. The first-order valence-corrected chi connectivity index (χ1v) is 6.84. The van der Waals surface area contributed by atoms with E-state index in [2.05, 4.69) is 21.7 Å². The molecule has 4 nitrogen and oxygen atoms in total. The Labute approximate surface area is 119 Å². The van der Waals surface area contributed by atoms with Crippen LogP contribution in [0.3, 0.4) is 0 Å². The Morgan fingerprint density at radius 3 is 2.89 bits per heavy atom. The van der Waals surface area contributed by atoms with Crippen LogP contribution in [0.4, 0.5) is 0 Å². The van der Waals surface area contributed by atoms with Crippen LogP contribution < -0.4 is 5.32 Å². The molecular weight excluding hydrogens is 262 g/mol. The van der Waals surface area contributed by atoms with Crippen molar-refractivity contribution in [1.29, 1.82) is 0 Å². The third-order valence-corrected chi connectivity index (χ3v) is 3.89. The normalized spacial score (nSPS) is 16.4. The van der Waals surface area contributed by atoms with Gasteiger partial charge < -0.3 is 5.32 Å². The van der Waals surface area contributed by atoms with Gasteiger partial charge >= 0.3 is 0 Å². The van der Waals surface area contributed by atoms with E-state index < -0.39 is 0 Å². The smallest absolute Gasteiger partial charge is 0.138 e. The van der Waals surface area contributed by atoms with Gasteiger partial charge in [0.05, 0.1) is 0 Å². The fourth-order valence-corrected chi connectivity index (χ4v) is 2.82. The Morgan fingerprint density at radius 1 is 1.21 bits per heavy atom. The summed E-state index contributed by atoms with van der Waals surface area (Å²) in [5, 5.41) is 11.3. The van der Waals surface area contributed by atoms with Crippen LogP contribution in [-0.2, 0) is 6.42 Å². The average Bonchev–Trinajstić information content (AvgIpc) is 2.89. The molecule has 0 amide bonds. The Kier molecular flexibility index (Phi) is 5.16. The highest BCUT2D eigenvalue weighted by molar-refractivity contribution is 5.85. The zero-order valence-electron chi connectivity index (χ0n) is 11.0. The molecule has 0 radical (unpaired) electrons. The predicted octanol–water partition coefficient (Wildman–Crippen LogP) is 2.97. The summed E-state index contributed by atoms with van der Waals surface area (Å²) in [7, 11) is 0. The van der Waals surface area contributed by atoms with Crippen molar-refractivity contribution in [2.45, 2.75) is 32.1 Å². The van der Waals surface area contributed by atoms with Crippen LogP contribution >= 0.6 is 12.4 Å². The SMILES string of the molecule is Cl.c1cc(CCCC2CCNCC2)c2nonc2c1. The molecule has 0 saturated carbocycles. The number of aromatic nitrogens is 2. The van der Waals surface area contributed by atoms with Crippen LogP contribution in [0.25, 0.3) is 11.0 Å². The molecule has 1 N–H and O–H groups in total. The highest BCUT2D eigenvalue weighted by Gasteiger charge is 2.13. The van der Waals surface area contributed by atoms with Gasteiger partial charge in [-0.25, -0.2) is 4.63 Å². The van der Waals surface area contributed by atoms with Crippen molar-refractivity contribution in [1.82, 2.24) is 15.6 Å². The van der Waals surface area contributed by atoms with Crippen LogP contribution in [-0.4, -0.2) is 23.4 Å². The lowest BCUT2D eigenvalue weighted by atomic mass is 9.91. The van der Waals surface area contributed by atoms with E-state index in [1.54, 1.807) is 0 Å². The topological polar surface area (TPSA) is 51.0 Å². The van der Waals surface area contributed by atoms with E-state index >= 15 is 0 Å². The first-order chi connectivity index (χ1) is 8.93. The molecule has 1 saturated heterocycles. The Balaban J connectivity index is 0.00000133. The van der Waals surface area contributed by atoms with Crippen molar-refractivity contribution in [3.63, 3.8) is 0 Å². The molecule has 2 aromatic rings. The van der Waals surface area contributed by atoms with E-state index in [9.17, 15) is 0 Å². The molecule has 0 atom stereocenters. The lowest BCUT2D eigenvalue weighted by molar-refractivity contribution is 0.315. The molecule has 0 aliphatic carbocycles. The molecule has 104 valence electrons. The summed E-state index contributed by atoms with van der Waals surface area (Å²) < 4.78 is 4.79. The minimum atomic E-state index is 0. The molecule has 3 rings (SSSR count). The van der Waals surface area contributed by atoms with Gasteiger partial charge in [0.25, 0.3) is 0 Å². The Bertz CT molecular complexity index is 508. The average molecular weight is 282 g/mol. The van der Waals surface area contributed by atoms with Crippen LogP contribution in [0.15, 0.2) is 22.8 Å². The van der Waals surface area contributed by atoms with Gasteiger partial charge in [-0.3, -0.25) is 0 Å². The van der Waals surface area contributed by atoms with Crippen molar-refractivity contribution in [3.05, 3.63) is 23.8 Å². The third kappa shape index (κ3) is 3.45. The van der Waals surface area contributed by atoms with E-state index in [0.29, 0.717) is 0 Å². The molecule has 19 heavy (non-hydrogen) atoms. The molecule has 1 aromatic carbocycles. The molecule has 0 spiro atoms. The first-order valence-electron chi connectivity index (χ1n) is 6.84. The number of halogens is 1. The van der Waals surface area contributed by atoms with E-state index in [1.807, 2.05) is 12.1 Å². The largest absolute Gasteiger partial charge is 0.317 e. The van der Waals surface area contributed by atoms with Crippen molar-refractivity contribution < 1.29 is 4.63 Å². The number of fused-ring (bicyclic) bond motifs is 1. The van der Waals surface area contributed by atoms with Gasteiger partial charge in [0.2, 0.25) is 0 Å². The fourth-order valence-electron chi connectivity index (χ4n) is 2.82. The molecule has 1 aliphatic rings. The summed E-state index contributed by atoms with van der Waals surface area (Å²) in [6.07, 6.45) is 6.29. The van der Waals surface area contributed by atoms with Crippen LogP contribution in [0.1, 0.15) is 31.2 Å². The highest BCUT2D eigenvalue weighted by atomic mass is 35.5. The van der Waals surface area contributed by atoms with Gasteiger partial charge in [0.1, 0.15) is 11.0 Å². The highest BCUT2D eigenvalue weighted by Crippen LogP contribution is 2.21. The number of nitrogens with one attached hydrogen (secondary N) is 1. The van der Waals surface area contributed by atoms with Crippen molar-refractivity contribution >= 4 is 23.4 Å². The van der Waals surface area contributed by atoms with Crippen molar-refractivity contribution in [2.24, 2.45) is 5.92 Å². The molecular formula is C14H20ClN3O. The number of rotatable bonds is 4. The number of benzene rings is 1. The first kappa shape index (κ1) is 14.3.